The third-order valence-corrected chi connectivity index (χ3v) is 4.58. The van der Waals surface area contributed by atoms with Crippen molar-refractivity contribution in [2.24, 2.45) is 10.7 Å². The van der Waals surface area contributed by atoms with Crippen molar-refractivity contribution >= 4 is 18.2 Å². The number of rotatable bonds is 6. The Labute approximate surface area is 163 Å². The first-order valence-corrected chi connectivity index (χ1v) is 8.91. The lowest BCUT2D eigenvalue weighted by molar-refractivity contribution is -0.123. The number of aromatic nitrogens is 1. The fourth-order valence-corrected chi connectivity index (χ4v) is 3.09. The first-order valence-electron chi connectivity index (χ1n) is 8.91. The lowest BCUT2D eigenvalue weighted by Gasteiger charge is -2.17. The lowest BCUT2D eigenvalue weighted by atomic mass is 10.1. The van der Waals surface area contributed by atoms with Crippen LogP contribution in [0.2, 0.25) is 0 Å². The summed E-state index contributed by atoms with van der Waals surface area (Å²) in [6, 6.07) is 7.42. The molecule has 1 aliphatic heterocycles. The number of aryl methyl sites for hydroxylation is 3. The van der Waals surface area contributed by atoms with Crippen molar-refractivity contribution in [2.45, 2.75) is 33.9 Å². The van der Waals surface area contributed by atoms with Gasteiger partial charge >= 0.3 is 6.03 Å². The van der Waals surface area contributed by atoms with E-state index in [1.165, 1.54) is 17.3 Å². The Kier molecular flexibility index (Phi) is 5.58. The van der Waals surface area contributed by atoms with E-state index >= 15 is 0 Å². The van der Waals surface area contributed by atoms with Crippen LogP contribution in [0, 0.1) is 20.8 Å². The highest BCUT2D eigenvalue weighted by atomic mass is 16.5. The fraction of sp³-hybridized carbons (Fsp3) is 0.300. The highest BCUT2D eigenvalue weighted by Gasteiger charge is 2.37. The summed E-state index contributed by atoms with van der Waals surface area (Å²) >= 11 is 0. The number of imide groups is 1. The Balaban J connectivity index is 1.71. The third-order valence-electron chi connectivity index (χ3n) is 4.58. The summed E-state index contributed by atoms with van der Waals surface area (Å²) in [6.07, 6.45) is 2.64. The second kappa shape index (κ2) is 8.08. The molecule has 28 heavy (non-hydrogen) atoms. The molecule has 1 aliphatic rings. The Bertz CT molecular complexity index is 941. The van der Waals surface area contributed by atoms with Gasteiger partial charge in [0.25, 0.3) is 5.91 Å². The second-order valence-electron chi connectivity index (χ2n) is 6.72. The Morgan fingerprint density at radius 3 is 2.75 bits per heavy atom. The standard InChI is InChI=1S/C20H23N5O3/c1-13-5-4-6-16(7-13)11-24-12-19(26)25(20(24)27)17(8-21)9-22-10-18-14(2)23-28-15(18)3/h4-9H,10-12,21H2,1-3H3. The molecule has 0 atom stereocenters. The molecule has 146 valence electrons. The van der Waals surface area contributed by atoms with E-state index in [1.54, 1.807) is 6.92 Å². The van der Waals surface area contributed by atoms with E-state index in [4.69, 9.17) is 10.3 Å². The summed E-state index contributed by atoms with van der Waals surface area (Å²) < 4.78 is 5.10. The van der Waals surface area contributed by atoms with Gasteiger partial charge in [0.15, 0.2) is 0 Å². The highest BCUT2D eigenvalue weighted by Crippen LogP contribution is 2.19. The number of nitrogens with zero attached hydrogens (tertiary/aromatic N) is 4. The van der Waals surface area contributed by atoms with Crippen molar-refractivity contribution in [1.29, 1.82) is 0 Å². The molecule has 0 radical (unpaired) electrons. The van der Waals surface area contributed by atoms with Gasteiger partial charge in [0.2, 0.25) is 0 Å². The predicted molar refractivity (Wildman–Crippen MR) is 104 cm³/mol. The molecular weight excluding hydrogens is 358 g/mol. The van der Waals surface area contributed by atoms with Crippen molar-refractivity contribution in [3.05, 3.63) is 64.3 Å². The van der Waals surface area contributed by atoms with Crippen LogP contribution in [0.3, 0.4) is 0 Å². The maximum Gasteiger partial charge on any atom is 0.332 e. The van der Waals surface area contributed by atoms with Crippen LogP contribution in [0.15, 0.2) is 45.7 Å². The van der Waals surface area contributed by atoms with E-state index in [9.17, 15) is 9.59 Å². The number of carbonyl (C=O) groups excluding carboxylic acids is 2. The molecular formula is C20H23N5O3. The summed E-state index contributed by atoms with van der Waals surface area (Å²) in [4.78, 5) is 32.0. The van der Waals surface area contributed by atoms with Crippen LogP contribution in [0.4, 0.5) is 4.79 Å². The molecule has 0 bridgehead atoms. The number of urea groups is 1. The van der Waals surface area contributed by atoms with Gasteiger partial charge in [-0.15, -0.1) is 0 Å². The summed E-state index contributed by atoms with van der Waals surface area (Å²) in [5.41, 5.74) is 9.60. The zero-order valence-corrected chi connectivity index (χ0v) is 16.2. The molecule has 0 spiro atoms. The number of amides is 3. The summed E-state index contributed by atoms with van der Waals surface area (Å²) in [5, 5.41) is 3.88. The van der Waals surface area contributed by atoms with Gasteiger partial charge in [0.05, 0.1) is 17.9 Å². The van der Waals surface area contributed by atoms with E-state index in [0.29, 0.717) is 18.8 Å². The van der Waals surface area contributed by atoms with Crippen LogP contribution >= 0.6 is 0 Å². The van der Waals surface area contributed by atoms with Crippen molar-refractivity contribution in [2.75, 3.05) is 6.54 Å². The first kappa shape index (κ1) is 19.3. The smallest absolute Gasteiger partial charge is 0.332 e. The molecule has 0 unspecified atom stereocenters. The largest absolute Gasteiger partial charge is 0.403 e. The van der Waals surface area contributed by atoms with Gasteiger partial charge in [-0.05, 0) is 26.3 Å². The Hall–Kier alpha value is -3.42. The number of benzene rings is 1. The van der Waals surface area contributed by atoms with Crippen molar-refractivity contribution in [3.8, 4) is 0 Å². The molecule has 0 aliphatic carbocycles. The number of aliphatic imine (C=N–C) groups is 1. The molecule has 8 nitrogen and oxygen atoms in total. The van der Waals surface area contributed by atoms with Crippen molar-refractivity contribution in [1.82, 2.24) is 15.0 Å². The predicted octanol–water partition coefficient (Wildman–Crippen LogP) is 2.44. The third kappa shape index (κ3) is 3.95. The van der Waals surface area contributed by atoms with Crippen LogP contribution in [-0.2, 0) is 17.9 Å². The average molecular weight is 381 g/mol. The minimum Gasteiger partial charge on any atom is -0.403 e. The van der Waals surface area contributed by atoms with E-state index in [-0.39, 0.29) is 18.1 Å². The van der Waals surface area contributed by atoms with Gasteiger partial charge < -0.3 is 15.2 Å². The Morgan fingerprint density at radius 1 is 1.32 bits per heavy atom. The molecule has 0 saturated carbocycles. The number of carbonyl (C=O) groups is 2. The zero-order chi connectivity index (χ0) is 20.3. The van der Waals surface area contributed by atoms with Crippen LogP contribution in [-0.4, -0.2) is 39.7 Å². The summed E-state index contributed by atoms with van der Waals surface area (Å²) in [6.45, 7) is 6.30. The van der Waals surface area contributed by atoms with Crippen LogP contribution < -0.4 is 5.73 Å². The summed E-state index contributed by atoms with van der Waals surface area (Å²) in [5.74, 6) is 0.351. The number of allylic oxidation sites excluding steroid dienone is 1. The zero-order valence-electron chi connectivity index (χ0n) is 16.2. The topological polar surface area (TPSA) is 105 Å². The minimum absolute atomic E-state index is 0.00181. The first-order chi connectivity index (χ1) is 13.4. The molecule has 1 fully saturated rings. The van der Waals surface area contributed by atoms with Gasteiger partial charge in [0, 0.05) is 24.5 Å². The van der Waals surface area contributed by atoms with E-state index < -0.39 is 6.03 Å². The quantitative estimate of drug-likeness (QED) is 0.611. The monoisotopic (exact) mass is 381 g/mol. The second-order valence-corrected chi connectivity index (χ2v) is 6.72. The van der Waals surface area contributed by atoms with Gasteiger partial charge in [0.1, 0.15) is 12.3 Å². The maximum atomic E-state index is 12.8. The molecule has 3 rings (SSSR count). The number of hydrogen-bond donors (Lipinski definition) is 1. The van der Waals surface area contributed by atoms with Gasteiger partial charge in [-0.2, -0.15) is 0 Å². The average Bonchev–Trinajstić information content (AvgIpc) is 3.12. The minimum atomic E-state index is -0.410. The number of nitrogens with two attached hydrogens (primary N) is 1. The Morgan fingerprint density at radius 2 is 2.11 bits per heavy atom. The number of hydrogen-bond acceptors (Lipinski definition) is 6. The molecule has 1 aromatic heterocycles. The van der Waals surface area contributed by atoms with Crippen LogP contribution in [0.1, 0.15) is 28.1 Å². The lowest BCUT2D eigenvalue weighted by Crippen LogP contribution is -2.33. The van der Waals surface area contributed by atoms with E-state index in [1.807, 2.05) is 38.1 Å². The molecule has 8 heteroatoms. The molecule has 2 heterocycles. The molecule has 2 aromatic rings. The highest BCUT2D eigenvalue weighted by molar-refractivity contribution is 6.07. The summed E-state index contributed by atoms with van der Waals surface area (Å²) in [7, 11) is 0. The molecule has 1 saturated heterocycles. The van der Waals surface area contributed by atoms with E-state index in [0.717, 1.165) is 27.3 Å². The molecule has 2 N–H and O–H groups in total. The van der Waals surface area contributed by atoms with Gasteiger partial charge in [-0.1, -0.05) is 35.0 Å². The molecule has 3 amide bonds. The van der Waals surface area contributed by atoms with Crippen LogP contribution in [0.25, 0.3) is 0 Å². The van der Waals surface area contributed by atoms with Gasteiger partial charge in [-0.3, -0.25) is 9.79 Å². The van der Waals surface area contributed by atoms with Crippen molar-refractivity contribution < 1.29 is 14.1 Å². The van der Waals surface area contributed by atoms with Crippen LogP contribution in [0.5, 0.6) is 0 Å². The van der Waals surface area contributed by atoms with E-state index in [2.05, 4.69) is 10.1 Å². The van der Waals surface area contributed by atoms with Crippen molar-refractivity contribution in [3.63, 3.8) is 0 Å². The molecule has 1 aromatic carbocycles. The SMILES string of the molecule is Cc1cccc(CN2CC(=O)N(C(C=NCc3c(C)noc3C)=CN)C2=O)c1. The normalized spacial score (nSPS) is 15.3. The maximum absolute atomic E-state index is 12.8. The fourth-order valence-electron chi connectivity index (χ4n) is 3.09. The van der Waals surface area contributed by atoms with Gasteiger partial charge in [-0.25, -0.2) is 9.69 Å².